The summed E-state index contributed by atoms with van der Waals surface area (Å²) in [6.45, 7) is 4.05. The van der Waals surface area contributed by atoms with Gasteiger partial charge in [0.05, 0.1) is 29.4 Å². The number of ketones is 1. The number of rotatable bonds is 10. The normalized spacial score (nSPS) is 25.4. The Labute approximate surface area is 356 Å². The minimum absolute atomic E-state index is 0.0115. The number of allylic oxidation sites excluding steroid dienone is 2. The van der Waals surface area contributed by atoms with Gasteiger partial charge in [-0.3, -0.25) is 19.1 Å². The van der Waals surface area contributed by atoms with Gasteiger partial charge in [0.1, 0.15) is 23.0 Å². The minimum Gasteiger partial charge on any atom is -0.491 e. The van der Waals surface area contributed by atoms with E-state index in [1.165, 1.54) is 0 Å². The molecule has 4 heterocycles. The molecule has 2 aliphatic heterocycles. The molecule has 0 bridgehead atoms. The number of ether oxygens (including phenoxy) is 2. The van der Waals surface area contributed by atoms with Crippen LogP contribution in [-0.4, -0.2) is 70.9 Å². The minimum atomic E-state index is -3.84. The van der Waals surface area contributed by atoms with E-state index >= 15 is 0 Å². The van der Waals surface area contributed by atoms with Crippen LogP contribution in [0.4, 0.5) is 0 Å². The molecule has 318 valence electrons. The Bertz CT molecular complexity index is 2590. The Morgan fingerprint density at radius 1 is 0.951 bits per heavy atom. The van der Waals surface area contributed by atoms with Crippen LogP contribution in [0.25, 0.3) is 33.5 Å². The number of carbonyl (C=O) groups excluding carboxylic acids is 3. The first-order valence-corrected chi connectivity index (χ1v) is 23.2. The Balaban J connectivity index is 1.06. The van der Waals surface area contributed by atoms with E-state index in [1.54, 1.807) is 4.90 Å². The van der Waals surface area contributed by atoms with Gasteiger partial charge in [0.15, 0.2) is 11.6 Å². The number of sulfonamides is 1. The number of nitrogens with one attached hydrogen (secondary N) is 1. The van der Waals surface area contributed by atoms with Gasteiger partial charge in [0.2, 0.25) is 27.4 Å². The molecule has 1 N–H and O–H groups in total. The zero-order chi connectivity index (χ0) is 42.3. The van der Waals surface area contributed by atoms with E-state index in [4.69, 9.17) is 23.9 Å². The second-order valence-electron chi connectivity index (χ2n) is 17.5. The molecule has 2 aromatic heterocycles. The van der Waals surface area contributed by atoms with E-state index < -0.39 is 38.7 Å². The summed E-state index contributed by atoms with van der Waals surface area (Å²) in [6, 6.07) is 24.1. The van der Waals surface area contributed by atoms with E-state index in [1.807, 2.05) is 98.8 Å². The molecule has 0 unspecified atom stereocenters. The average Bonchev–Trinajstić information content (AvgIpc) is 4.15. The first kappa shape index (κ1) is 40.8. The predicted octanol–water partition coefficient (Wildman–Crippen LogP) is 8.13. The van der Waals surface area contributed by atoms with Crippen LogP contribution < -0.4 is 14.2 Å². The van der Waals surface area contributed by atoms with Gasteiger partial charge in [-0.05, 0) is 107 Å². The molecule has 9 rings (SSSR count). The highest BCUT2D eigenvalue weighted by Crippen LogP contribution is 2.57. The van der Waals surface area contributed by atoms with Gasteiger partial charge >= 0.3 is 0 Å². The fraction of sp³-hybridized carbons (Fsp3) is 0.438. The molecule has 4 aliphatic rings. The van der Waals surface area contributed by atoms with Gasteiger partial charge in [-0.2, -0.15) is 4.98 Å². The number of hydrogen-bond acceptors (Lipinski definition) is 10. The highest BCUT2D eigenvalue weighted by atomic mass is 32.2. The summed E-state index contributed by atoms with van der Waals surface area (Å²) in [4.78, 5) is 55.2. The van der Waals surface area contributed by atoms with Crippen LogP contribution in [0.5, 0.6) is 11.6 Å². The van der Waals surface area contributed by atoms with Crippen molar-refractivity contribution in [3.8, 4) is 23.0 Å². The highest BCUT2D eigenvalue weighted by Gasteiger charge is 2.61. The van der Waals surface area contributed by atoms with Crippen molar-refractivity contribution < 1.29 is 36.7 Å². The van der Waals surface area contributed by atoms with Crippen molar-refractivity contribution in [3.63, 3.8) is 0 Å². The summed E-state index contributed by atoms with van der Waals surface area (Å²) in [5.74, 6) is -0.407. The molecule has 5 atom stereocenters. The molecule has 2 amide bonds. The lowest BCUT2D eigenvalue weighted by molar-refractivity contribution is -0.142. The summed E-state index contributed by atoms with van der Waals surface area (Å²) in [6.07, 6.45) is 9.38. The molecule has 3 fully saturated rings. The summed E-state index contributed by atoms with van der Waals surface area (Å²) < 4.78 is 47.3. The first-order chi connectivity index (χ1) is 29.5. The third kappa shape index (κ3) is 8.67. The van der Waals surface area contributed by atoms with Crippen LogP contribution in [0.1, 0.15) is 83.6 Å². The lowest BCUT2D eigenvalue weighted by Crippen LogP contribution is -2.46. The number of Topliss-reactive ketones (excluding diaryl/α,β-unsaturated/α-hetero) is 1. The monoisotopic (exact) mass is 844 g/mol. The van der Waals surface area contributed by atoms with E-state index in [9.17, 15) is 22.8 Å². The second kappa shape index (κ2) is 16.7. The molecule has 5 aromatic rings. The first-order valence-electron chi connectivity index (χ1n) is 21.7. The van der Waals surface area contributed by atoms with Crippen LogP contribution in [0, 0.1) is 17.3 Å². The van der Waals surface area contributed by atoms with E-state index in [2.05, 4.69) is 10.8 Å². The number of amides is 2. The zero-order valence-corrected chi connectivity index (χ0v) is 35.4. The maximum atomic E-state index is 14.9. The summed E-state index contributed by atoms with van der Waals surface area (Å²) >= 11 is 0. The lowest BCUT2D eigenvalue weighted by Gasteiger charge is -2.29. The molecular formula is C48H52N4O8S. The maximum Gasteiger partial charge on any atom is 0.262 e. The Morgan fingerprint density at radius 2 is 1.72 bits per heavy atom. The van der Waals surface area contributed by atoms with Gasteiger partial charge < -0.3 is 18.8 Å². The topological polar surface area (TPSA) is 158 Å². The summed E-state index contributed by atoms with van der Waals surface area (Å²) in [5.41, 5.74) is 2.10. The van der Waals surface area contributed by atoms with Crippen molar-refractivity contribution in [1.29, 1.82) is 0 Å². The molecule has 12 nitrogen and oxygen atoms in total. The third-order valence-electron chi connectivity index (χ3n) is 12.6. The molecular weight excluding hydrogens is 793 g/mol. The largest absolute Gasteiger partial charge is 0.491 e. The van der Waals surface area contributed by atoms with Crippen molar-refractivity contribution in [3.05, 3.63) is 96.6 Å². The number of hydrogen-bond donors (Lipinski definition) is 1. The summed E-state index contributed by atoms with van der Waals surface area (Å²) in [7, 11) is -3.84. The molecule has 0 spiro atoms. The zero-order valence-electron chi connectivity index (χ0n) is 34.6. The van der Waals surface area contributed by atoms with Crippen LogP contribution in [0.2, 0.25) is 0 Å². The molecule has 1 saturated heterocycles. The van der Waals surface area contributed by atoms with Crippen LogP contribution >= 0.6 is 0 Å². The fourth-order valence-corrected chi connectivity index (χ4v) is 10.5. The SMILES string of the molecule is CC(C)Oc1ccc(-c2nc(O[C@@H]3C[C@H]4C(=O)C[C@]5(C(=O)NS(=O)(=O)C6CC6)C[C@@H]5/C=C\CCCCC[C@H](Cc5ccccc5)C(=O)N4C3)c3oc4ccccc4c3n2)cc1. The van der Waals surface area contributed by atoms with Crippen LogP contribution in [0.3, 0.4) is 0 Å². The number of fused-ring (bicyclic) bond motifs is 5. The fourth-order valence-electron chi connectivity index (χ4n) is 9.11. The number of benzene rings is 3. The van der Waals surface area contributed by atoms with Crippen LogP contribution in [-0.2, 0) is 30.8 Å². The van der Waals surface area contributed by atoms with E-state index in [0.29, 0.717) is 54.6 Å². The van der Waals surface area contributed by atoms with Gasteiger partial charge in [-0.25, -0.2) is 13.4 Å². The van der Waals surface area contributed by atoms with Gasteiger partial charge in [-0.1, -0.05) is 67.5 Å². The van der Waals surface area contributed by atoms with Crippen molar-refractivity contribution in [2.24, 2.45) is 17.3 Å². The molecule has 61 heavy (non-hydrogen) atoms. The summed E-state index contributed by atoms with van der Waals surface area (Å²) in [5, 5.41) is 0.207. The molecule has 3 aromatic carbocycles. The number of carbonyl (C=O) groups is 3. The Hall–Kier alpha value is -5.56. The van der Waals surface area contributed by atoms with Gasteiger partial charge in [0, 0.05) is 29.7 Å². The molecule has 13 heteroatoms. The Kier molecular flexibility index (Phi) is 11.2. The van der Waals surface area contributed by atoms with Crippen molar-refractivity contribution >= 4 is 49.7 Å². The van der Waals surface area contributed by atoms with Crippen molar-refractivity contribution in [2.75, 3.05) is 6.54 Å². The maximum absolute atomic E-state index is 14.9. The molecule has 2 saturated carbocycles. The standard InChI is InChI=1S/C48H52N4O8S/c1-30(2)58-35-21-19-32(20-22-35)44-49-42-38-17-11-12-18-41(38)60-43(42)45(50-44)59-36-26-39-40(53)28-48(47(55)51-61(56,57)37-23-24-37)27-34(48)16-10-5-3-4-9-15-33(46(54)52(39)29-36)25-31-13-7-6-8-14-31/h6-8,10-14,16-22,30,33-34,36-37,39H,3-5,9,15,23-29H2,1-2H3,(H,51,55)/b16-10-/t33-,34+,36-,39+,48-/m1/s1. The predicted molar refractivity (Wildman–Crippen MR) is 231 cm³/mol. The number of furan rings is 1. The van der Waals surface area contributed by atoms with Crippen LogP contribution in [0.15, 0.2) is 95.4 Å². The van der Waals surface area contributed by atoms with Crippen molar-refractivity contribution in [2.45, 2.75) is 108 Å². The smallest absolute Gasteiger partial charge is 0.262 e. The Morgan fingerprint density at radius 3 is 2.49 bits per heavy atom. The number of aromatic nitrogens is 2. The van der Waals surface area contributed by atoms with E-state index in [0.717, 1.165) is 47.9 Å². The third-order valence-corrected chi connectivity index (χ3v) is 14.4. The number of nitrogens with zero attached hydrogens (tertiary/aromatic N) is 3. The average molecular weight is 845 g/mol. The quantitative estimate of drug-likeness (QED) is 0.136. The van der Waals surface area contributed by atoms with Gasteiger partial charge in [-0.15, -0.1) is 0 Å². The highest BCUT2D eigenvalue weighted by molar-refractivity contribution is 7.90. The molecule has 2 aliphatic carbocycles. The number of para-hydroxylation sites is 1. The molecule has 0 radical (unpaired) electrons. The van der Waals surface area contributed by atoms with Crippen molar-refractivity contribution in [1.82, 2.24) is 19.6 Å². The second-order valence-corrected chi connectivity index (χ2v) is 19.5. The van der Waals surface area contributed by atoms with Gasteiger partial charge in [0.25, 0.3) is 5.88 Å². The lowest BCUT2D eigenvalue weighted by atomic mass is 9.90. The van der Waals surface area contributed by atoms with E-state index in [-0.39, 0.29) is 54.9 Å².